The fourth-order valence-corrected chi connectivity index (χ4v) is 5.23. The molecule has 1 aromatic carbocycles. The first kappa shape index (κ1) is 20.5. The van der Waals surface area contributed by atoms with Crippen LogP contribution in [-0.4, -0.2) is 59.7 Å². The van der Waals surface area contributed by atoms with Crippen molar-refractivity contribution in [1.29, 1.82) is 0 Å². The number of H-pyrrole nitrogens is 1. The number of carbonyl (C=O) groups is 1. The molecular formula is C19H25N3O5S. The molecule has 2 aromatic rings. The zero-order valence-corrected chi connectivity index (χ0v) is 17.1. The molecule has 1 N–H and O–H groups in total. The normalized spacial score (nSPS) is 16.1. The number of rotatable bonds is 7. The van der Waals surface area contributed by atoms with Gasteiger partial charge in [0.15, 0.2) is 21.4 Å². The second-order valence-electron chi connectivity index (χ2n) is 7.30. The Bertz CT molecular complexity index is 946. The van der Waals surface area contributed by atoms with Crippen molar-refractivity contribution < 1.29 is 22.7 Å². The van der Waals surface area contributed by atoms with E-state index in [0.717, 1.165) is 5.56 Å². The van der Waals surface area contributed by atoms with Gasteiger partial charge in [-0.3, -0.25) is 9.89 Å². The van der Waals surface area contributed by atoms with Gasteiger partial charge in [0, 0.05) is 18.8 Å². The highest BCUT2D eigenvalue weighted by Gasteiger charge is 2.46. The van der Waals surface area contributed by atoms with Crippen LogP contribution in [-0.2, 0) is 25.8 Å². The third-order valence-electron chi connectivity index (χ3n) is 5.18. The predicted molar refractivity (Wildman–Crippen MR) is 104 cm³/mol. The number of aromatic nitrogens is 3. The predicted octanol–water partition coefficient (Wildman–Crippen LogP) is 1.96. The number of nitrogens with one attached hydrogen (secondary N) is 1. The maximum absolute atomic E-state index is 13.0. The van der Waals surface area contributed by atoms with Gasteiger partial charge in [-0.25, -0.2) is 13.4 Å². The molecule has 1 fully saturated rings. The van der Waals surface area contributed by atoms with Crippen LogP contribution in [0.4, 0.5) is 0 Å². The van der Waals surface area contributed by atoms with Crippen LogP contribution in [0.15, 0.2) is 24.3 Å². The maximum atomic E-state index is 13.0. The van der Waals surface area contributed by atoms with Gasteiger partial charge in [-0.15, -0.1) is 0 Å². The lowest BCUT2D eigenvalue weighted by molar-refractivity contribution is -0.120. The lowest BCUT2D eigenvalue weighted by Gasteiger charge is -2.31. The van der Waals surface area contributed by atoms with Crippen molar-refractivity contribution >= 4 is 15.6 Å². The first-order chi connectivity index (χ1) is 13.3. The monoisotopic (exact) mass is 407 g/mol. The Morgan fingerprint density at radius 3 is 2.71 bits per heavy atom. The van der Waals surface area contributed by atoms with Gasteiger partial charge in [-0.05, 0) is 38.8 Å². The molecule has 1 aliphatic heterocycles. The Balaban J connectivity index is 1.76. The van der Waals surface area contributed by atoms with Crippen molar-refractivity contribution in [3.63, 3.8) is 0 Å². The van der Waals surface area contributed by atoms with Crippen LogP contribution < -0.4 is 4.74 Å². The van der Waals surface area contributed by atoms with E-state index < -0.39 is 25.6 Å². The van der Waals surface area contributed by atoms with Crippen LogP contribution in [0, 0.1) is 0 Å². The summed E-state index contributed by atoms with van der Waals surface area (Å²) in [7, 11) is -2.07. The van der Waals surface area contributed by atoms with Crippen molar-refractivity contribution in [2.75, 3.05) is 20.3 Å². The van der Waals surface area contributed by atoms with E-state index in [1.165, 1.54) is 13.8 Å². The van der Waals surface area contributed by atoms with Crippen molar-refractivity contribution in [1.82, 2.24) is 15.2 Å². The average Bonchev–Trinajstić information content (AvgIpc) is 3.17. The summed E-state index contributed by atoms with van der Waals surface area (Å²) in [5, 5.41) is 6.32. The fourth-order valence-electron chi connectivity index (χ4n) is 3.19. The SMILES string of the molecule is COc1cccc(-c2n[nH]c(CC(=O)C(C)(C)S(=O)(=O)C3CCOCC3)n2)c1. The van der Waals surface area contributed by atoms with Gasteiger partial charge in [-0.2, -0.15) is 5.10 Å². The van der Waals surface area contributed by atoms with Gasteiger partial charge in [0.05, 0.1) is 18.8 Å². The van der Waals surface area contributed by atoms with E-state index in [1.807, 2.05) is 18.2 Å². The largest absolute Gasteiger partial charge is 0.497 e. The molecule has 9 heteroatoms. The standard InChI is InChI=1S/C19H25N3O5S/c1-19(2,28(24,25)15-7-9-27-10-8-15)16(23)12-17-20-18(22-21-17)13-5-4-6-14(11-13)26-3/h4-6,11,15H,7-10,12H2,1-3H3,(H,20,21,22). The van der Waals surface area contributed by atoms with Gasteiger partial charge in [0.2, 0.25) is 0 Å². The summed E-state index contributed by atoms with van der Waals surface area (Å²) in [5.41, 5.74) is 0.739. The van der Waals surface area contributed by atoms with E-state index in [9.17, 15) is 13.2 Å². The number of nitrogens with zero attached hydrogens (tertiary/aromatic N) is 2. The highest BCUT2D eigenvalue weighted by molar-refractivity contribution is 7.94. The van der Waals surface area contributed by atoms with Crippen LogP contribution in [0.2, 0.25) is 0 Å². The maximum Gasteiger partial charge on any atom is 0.181 e. The molecule has 0 radical (unpaired) electrons. The molecule has 0 amide bonds. The molecule has 0 atom stereocenters. The fraction of sp³-hybridized carbons (Fsp3) is 0.526. The van der Waals surface area contributed by atoms with Crippen molar-refractivity contribution in [3.05, 3.63) is 30.1 Å². The number of Topliss-reactive ketones (excluding diaryl/α,β-unsaturated/α-hetero) is 1. The summed E-state index contributed by atoms with van der Waals surface area (Å²) >= 11 is 0. The molecule has 3 rings (SSSR count). The summed E-state index contributed by atoms with van der Waals surface area (Å²) in [6.07, 6.45) is 0.703. The van der Waals surface area contributed by atoms with Crippen molar-refractivity contribution in [3.8, 4) is 17.1 Å². The van der Waals surface area contributed by atoms with Gasteiger partial charge < -0.3 is 9.47 Å². The number of methoxy groups -OCH3 is 1. The summed E-state index contributed by atoms with van der Waals surface area (Å²) in [4.78, 5) is 17.2. The minimum atomic E-state index is -3.64. The molecule has 152 valence electrons. The van der Waals surface area contributed by atoms with E-state index in [0.29, 0.717) is 43.5 Å². The number of sulfone groups is 1. The zero-order chi connectivity index (χ0) is 20.4. The van der Waals surface area contributed by atoms with Crippen LogP contribution >= 0.6 is 0 Å². The number of carbonyl (C=O) groups excluding carboxylic acids is 1. The number of hydrogen-bond donors (Lipinski definition) is 1. The Labute approximate surface area is 164 Å². The van der Waals surface area contributed by atoms with Crippen LogP contribution in [0.25, 0.3) is 11.4 Å². The molecule has 8 nitrogen and oxygen atoms in total. The van der Waals surface area contributed by atoms with E-state index in [1.54, 1.807) is 13.2 Å². The van der Waals surface area contributed by atoms with Crippen LogP contribution in [0.3, 0.4) is 0 Å². The lowest BCUT2D eigenvalue weighted by atomic mass is 10.1. The Morgan fingerprint density at radius 1 is 1.32 bits per heavy atom. The van der Waals surface area contributed by atoms with E-state index in [2.05, 4.69) is 15.2 Å². The molecule has 1 aromatic heterocycles. The highest BCUT2D eigenvalue weighted by atomic mass is 32.2. The summed E-state index contributed by atoms with van der Waals surface area (Å²) in [5.74, 6) is 1.01. The summed E-state index contributed by atoms with van der Waals surface area (Å²) in [6.45, 7) is 3.75. The Hall–Kier alpha value is -2.26. The number of ether oxygens (including phenoxy) is 2. The van der Waals surface area contributed by atoms with Crippen molar-refractivity contribution in [2.24, 2.45) is 0 Å². The minimum Gasteiger partial charge on any atom is -0.497 e. The first-order valence-electron chi connectivity index (χ1n) is 9.16. The third-order valence-corrected chi connectivity index (χ3v) is 8.18. The second-order valence-corrected chi connectivity index (χ2v) is 10.1. The number of aromatic amines is 1. The highest BCUT2D eigenvalue weighted by Crippen LogP contribution is 2.29. The topological polar surface area (TPSA) is 111 Å². The Morgan fingerprint density at radius 2 is 2.04 bits per heavy atom. The van der Waals surface area contributed by atoms with Gasteiger partial charge in [-0.1, -0.05) is 12.1 Å². The zero-order valence-electron chi connectivity index (χ0n) is 16.3. The minimum absolute atomic E-state index is 0.133. The van der Waals surface area contributed by atoms with Gasteiger partial charge >= 0.3 is 0 Å². The van der Waals surface area contributed by atoms with E-state index in [4.69, 9.17) is 9.47 Å². The molecular weight excluding hydrogens is 382 g/mol. The van der Waals surface area contributed by atoms with E-state index in [-0.39, 0.29) is 6.42 Å². The Kier molecular flexibility index (Phi) is 5.85. The summed E-state index contributed by atoms with van der Waals surface area (Å²) in [6, 6.07) is 7.24. The number of hydrogen-bond acceptors (Lipinski definition) is 7. The first-order valence-corrected chi connectivity index (χ1v) is 10.7. The van der Waals surface area contributed by atoms with Crippen molar-refractivity contribution in [2.45, 2.75) is 43.1 Å². The van der Waals surface area contributed by atoms with Gasteiger partial charge in [0.1, 0.15) is 16.3 Å². The second kappa shape index (κ2) is 8.00. The lowest BCUT2D eigenvalue weighted by Crippen LogP contribution is -2.48. The van der Waals surface area contributed by atoms with E-state index >= 15 is 0 Å². The molecule has 0 aliphatic carbocycles. The molecule has 0 saturated carbocycles. The summed E-state index contributed by atoms with van der Waals surface area (Å²) < 4.78 is 34.9. The number of benzene rings is 1. The average molecular weight is 407 g/mol. The molecule has 2 heterocycles. The third kappa shape index (κ3) is 3.95. The molecule has 1 aliphatic rings. The van der Waals surface area contributed by atoms with Crippen LogP contribution in [0.5, 0.6) is 5.75 Å². The quantitative estimate of drug-likeness (QED) is 0.747. The smallest absolute Gasteiger partial charge is 0.181 e. The molecule has 0 spiro atoms. The molecule has 0 bridgehead atoms. The molecule has 1 saturated heterocycles. The van der Waals surface area contributed by atoms with Gasteiger partial charge in [0.25, 0.3) is 0 Å². The molecule has 0 unspecified atom stereocenters. The number of ketones is 1. The van der Waals surface area contributed by atoms with Crippen LogP contribution in [0.1, 0.15) is 32.5 Å². The molecule has 28 heavy (non-hydrogen) atoms.